The maximum atomic E-state index is 13.3. The Kier molecular flexibility index (Phi) is 5.82. The second-order valence-corrected chi connectivity index (χ2v) is 8.23. The molecular formula is C26H23N3O6. The van der Waals surface area contributed by atoms with Crippen LogP contribution in [0.5, 0.6) is 11.5 Å². The zero-order chi connectivity index (χ0) is 24.5. The molecule has 1 atom stereocenters. The molecule has 2 N–H and O–H groups in total. The number of aromatic nitrogens is 1. The third-order valence-corrected chi connectivity index (χ3v) is 6.00. The highest BCUT2D eigenvalue weighted by molar-refractivity contribution is 6.08. The normalized spacial score (nSPS) is 15.5. The fourth-order valence-electron chi connectivity index (χ4n) is 4.27. The topological polar surface area (TPSA) is 116 Å². The van der Waals surface area contributed by atoms with Gasteiger partial charge in [-0.15, -0.1) is 0 Å². The summed E-state index contributed by atoms with van der Waals surface area (Å²) < 4.78 is 16.3. The molecule has 0 saturated carbocycles. The van der Waals surface area contributed by atoms with E-state index < -0.39 is 24.0 Å². The summed E-state index contributed by atoms with van der Waals surface area (Å²) >= 11 is 0. The van der Waals surface area contributed by atoms with E-state index in [1.165, 1.54) is 14.0 Å². The number of carbonyl (C=O) groups excluding carboxylic acids is 3. The third kappa shape index (κ3) is 4.28. The van der Waals surface area contributed by atoms with Crippen molar-refractivity contribution in [3.05, 3.63) is 64.8 Å². The van der Waals surface area contributed by atoms with Gasteiger partial charge in [0.25, 0.3) is 5.91 Å². The van der Waals surface area contributed by atoms with Gasteiger partial charge in [0.1, 0.15) is 0 Å². The predicted octanol–water partition coefficient (Wildman–Crippen LogP) is 3.45. The molecule has 3 amide bonds. The number of hydrogen-bond donors (Lipinski definition) is 2. The summed E-state index contributed by atoms with van der Waals surface area (Å²) in [5.74, 6) is 0.0554. The number of allylic oxidation sites excluding steroid dienone is 1. The maximum Gasteiger partial charge on any atom is 0.339 e. The Bertz CT molecular complexity index is 1400. The van der Waals surface area contributed by atoms with E-state index in [2.05, 4.69) is 10.6 Å². The van der Waals surface area contributed by atoms with E-state index in [0.717, 1.165) is 22.4 Å². The molecule has 3 aromatic rings. The molecule has 9 nitrogen and oxygen atoms in total. The van der Waals surface area contributed by atoms with Crippen LogP contribution in [0.15, 0.2) is 42.5 Å². The van der Waals surface area contributed by atoms with Crippen LogP contribution in [-0.2, 0) is 16.0 Å². The van der Waals surface area contributed by atoms with E-state index in [0.29, 0.717) is 40.8 Å². The number of nitrogens with zero attached hydrogens (tertiary/aromatic N) is 1. The van der Waals surface area contributed by atoms with Crippen molar-refractivity contribution in [3.8, 4) is 11.5 Å². The van der Waals surface area contributed by atoms with E-state index in [1.807, 2.05) is 48.5 Å². The van der Waals surface area contributed by atoms with Gasteiger partial charge in [0.2, 0.25) is 6.79 Å². The van der Waals surface area contributed by atoms with Gasteiger partial charge in [-0.3, -0.25) is 10.1 Å². The fraction of sp³-hybridized carbons (Fsp3) is 0.231. The average molecular weight is 473 g/mol. The Morgan fingerprint density at radius 2 is 1.89 bits per heavy atom. The second kappa shape index (κ2) is 9.09. The van der Waals surface area contributed by atoms with Gasteiger partial charge in [-0.1, -0.05) is 24.3 Å². The van der Waals surface area contributed by atoms with Crippen molar-refractivity contribution in [3.63, 3.8) is 0 Å². The van der Waals surface area contributed by atoms with Crippen molar-refractivity contribution in [2.24, 2.45) is 0 Å². The molecule has 0 radical (unpaired) electrons. The van der Waals surface area contributed by atoms with Crippen molar-refractivity contribution in [1.29, 1.82) is 0 Å². The summed E-state index contributed by atoms with van der Waals surface area (Å²) in [5, 5.41) is 5.06. The number of nitrogens with one attached hydrogen (secondary N) is 2. The Hall–Kier alpha value is -4.40. The van der Waals surface area contributed by atoms with E-state index in [9.17, 15) is 14.4 Å². The molecule has 1 aliphatic carbocycles. The molecule has 5 rings (SSSR count). The van der Waals surface area contributed by atoms with Gasteiger partial charge in [0.15, 0.2) is 17.6 Å². The lowest BCUT2D eigenvalue weighted by Gasteiger charge is -2.16. The molecule has 35 heavy (non-hydrogen) atoms. The minimum Gasteiger partial charge on any atom is -0.454 e. The maximum absolute atomic E-state index is 13.3. The van der Waals surface area contributed by atoms with E-state index >= 15 is 0 Å². The highest BCUT2D eigenvalue weighted by atomic mass is 16.7. The Morgan fingerprint density at radius 3 is 2.71 bits per heavy atom. The van der Waals surface area contributed by atoms with Crippen molar-refractivity contribution >= 4 is 40.5 Å². The lowest BCUT2D eigenvalue weighted by Crippen LogP contribution is -2.43. The first-order valence-corrected chi connectivity index (χ1v) is 11.2. The summed E-state index contributed by atoms with van der Waals surface area (Å²) in [6.45, 7) is 1.63. The fourth-order valence-corrected chi connectivity index (χ4v) is 4.27. The van der Waals surface area contributed by atoms with E-state index in [-0.39, 0.29) is 6.79 Å². The number of fused-ring (bicyclic) bond motifs is 3. The molecular weight excluding hydrogens is 450 g/mol. The van der Waals surface area contributed by atoms with Crippen molar-refractivity contribution < 1.29 is 28.6 Å². The zero-order valence-electron chi connectivity index (χ0n) is 19.2. The first kappa shape index (κ1) is 22.4. The van der Waals surface area contributed by atoms with Crippen LogP contribution < -0.4 is 20.1 Å². The number of amides is 3. The number of ether oxygens (including phenoxy) is 3. The average Bonchev–Trinajstić information content (AvgIpc) is 3.49. The summed E-state index contributed by atoms with van der Waals surface area (Å²) in [5.41, 5.74) is 4.48. The molecule has 2 heterocycles. The van der Waals surface area contributed by atoms with Crippen LogP contribution >= 0.6 is 0 Å². The highest BCUT2D eigenvalue weighted by Gasteiger charge is 2.30. The lowest BCUT2D eigenvalue weighted by atomic mass is 10.0. The van der Waals surface area contributed by atoms with Crippen LogP contribution in [0.25, 0.3) is 22.6 Å². The monoisotopic (exact) mass is 473 g/mol. The quantitative estimate of drug-likeness (QED) is 0.558. The largest absolute Gasteiger partial charge is 0.454 e. The summed E-state index contributed by atoms with van der Waals surface area (Å²) in [4.78, 5) is 41.8. The van der Waals surface area contributed by atoms with Gasteiger partial charge in [0, 0.05) is 12.4 Å². The first-order chi connectivity index (χ1) is 16.9. The van der Waals surface area contributed by atoms with Crippen LogP contribution in [0.2, 0.25) is 0 Å². The number of carbonyl (C=O) groups is 3. The molecule has 1 aromatic heterocycles. The van der Waals surface area contributed by atoms with E-state index in [1.54, 1.807) is 0 Å². The van der Waals surface area contributed by atoms with Gasteiger partial charge in [-0.05, 0) is 60.7 Å². The smallest absolute Gasteiger partial charge is 0.339 e. The van der Waals surface area contributed by atoms with Crippen LogP contribution in [0, 0.1) is 0 Å². The molecule has 0 saturated heterocycles. The first-order valence-electron chi connectivity index (χ1n) is 11.2. The molecule has 0 fully saturated rings. The number of para-hydroxylation sites is 1. The van der Waals surface area contributed by atoms with Gasteiger partial charge < -0.3 is 19.5 Å². The molecule has 178 valence electrons. The third-order valence-electron chi connectivity index (χ3n) is 6.00. The number of rotatable bonds is 4. The molecule has 0 bridgehead atoms. The molecule has 9 heteroatoms. The van der Waals surface area contributed by atoms with Gasteiger partial charge >= 0.3 is 12.0 Å². The van der Waals surface area contributed by atoms with Crippen molar-refractivity contribution in [2.75, 3.05) is 13.8 Å². The number of esters is 1. The van der Waals surface area contributed by atoms with Crippen LogP contribution in [-0.4, -0.2) is 42.8 Å². The van der Waals surface area contributed by atoms with Gasteiger partial charge in [-0.2, -0.15) is 0 Å². The predicted molar refractivity (Wildman–Crippen MR) is 128 cm³/mol. The number of imide groups is 1. The van der Waals surface area contributed by atoms with Crippen LogP contribution in [0.3, 0.4) is 0 Å². The molecule has 2 aromatic carbocycles. The lowest BCUT2D eigenvalue weighted by molar-refractivity contribution is -0.127. The minimum atomic E-state index is -1.16. The molecule has 2 aliphatic rings. The summed E-state index contributed by atoms with van der Waals surface area (Å²) in [6.07, 6.45) is 2.17. The van der Waals surface area contributed by atoms with Gasteiger partial charge in [-0.25, -0.2) is 14.6 Å². The molecule has 1 unspecified atom stereocenters. The standard InChI is InChI=1S/C26H23N3O6/c1-14(24(30)29-26(32)27-2)35-25(31)22-17-5-3-4-6-19(17)28-23-16(8-9-18(22)23)11-15-7-10-20-21(12-15)34-13-33-20/h3-7,10-12,14H,8-9,13H2,1-2H3,(H2,27,29,30,32)/b16-11-. The SMILES string of the molecule is CNC(=O)NC(=O)C(C)OC(=O)c1c2c(nc3ccccc13)/C(=C\c1ccc3c(c1)OCO3)CC2. The zero-order valence-corrected chi connectivity index (χ0v) is 19.2. The number of benzene rings is 2. The van der Waals surface area contributed by atoms with Crippen LogP contribution in [0.1, 0.15) is 40.5 Å². The molecule has 0 spiro atoms. The number of pyridine rings is 1. The van der Waals surface area contributed by atoms with Crippen molar-refractivity contribution in [2.45, 2.75) is 25.9 Å². The Balaban J connectivity index is 1.51. The van der Waals surface area contributed by atoms with Gasteiger partial charge in [0.05, 0.1) is 16.8 Å². The second-order valence-electron chi connectivity index (χ2n) is 8.23. The summed E-state index contributed by atoms with van der Waals surface area (Å²) in [7, 11) is 1.39. The molecule has 1 aliphatic heterocycles. The van der Waals surface area contributed by atoms with Crippen molar-refractivity contribution in [1.82, 2.24) is 15.6 Å². The minimum absolute atomic E-state index is 0.205. The highest BCUT2D eigenvalue weighted by Crippen LogP contribution is 2.39. The Morgan fingerprint density at radius 1 is 1.09 bits per heavy atom. The van der Waals surface area contributed by atoms with E-state index in [4.69, 9.17) is 19.2 Å². The Labute approximate surface area is 201 Å². The number of hydrogen-bond acceptors (Lipinski definition) is 7. The van der Waals surface area contributed by atoms with Crippen LogP contribution in [0.4, 0.5) is 4.79 Å². The summed E-state index contributed by atoms with van der Waals surface area (Å²) in [6, 6.07) is 12.4. The number of urea groups is 1.